The Hall–Kier alpha value is -3.41. The van der Waals surface area contributed by atoms with Crippen molar-refractivity contribution in [2.75, 3.05) is 31.9 Å². The van der Waals surface area contributed by atoms with Crippen LogP contribution in [0.2, 0.25) is 0 Å². The van der Waals surface area contributed by atoms with Gasteiger partial charge in [0.1, 0.15) is 5.82 Å². The Kier molecular flexibility index (Phi) is 7.73. The molecule has 2 aromatic carbocycles. The normalized spacial score (nSPS) is 20.4. The van der Waals surface area contributed by atoms with Crippen molar-refractivity contribution in [2.24, 2.45) is 0 Å². The molecule has 1 saturated heterocycles. The molecule has 1 atom stereocenters. The van der Waals surface area contributed by atoms with Gasteiger partial charge in [0.05, 0.1) is 28.3 Å². The average molecular weight is 517 g/mol. The molecule has 1 N–H and O–H groups in total. The molecule has 0 radical (unpaired) electrons. The molecule has 0 spiro atoms. The van der Waals surface area contributed by atoms with Crippen LogP contribution < -0.4 is 5.32 Å². The molecule has 190 valence electrons. The third-order valence-electron chi connectivity index (χ3n) is 7.18. The summed E-state index contributed by atoms with van der Waals surface area (Å²) in [5.41, 5.74) is 3.80. The highest BCUT2D eigenvalue weighted by atomic mass is 32.2. The monoisotopic (exact) mass is 516 g/mol. The number of hydrogen-bond donors (Lipinski definition) is 1. The van der Waals surface area contributed by atoms with Crippen molar-refractivity contribution in [2.45, 2.75) is 31.7 Å². The molecule has 37 heavy (non-hydrogen) atoms. The van der Waals surface area contributed by atoms with E-state index in [0.29, 0.717) is 47.7 Å². The number of ketones is 1. The number of carbonyl (C=O) groups is 2. The zero-order valence-electron chi connectivity index (χ0n) is 20.6. The number of nitrogens with one attached hydrogen (secondary N) is 1. The van der Waals surface area contributed by atoms with Gasteiger partial charge in [0.25, 0.3) is 0 Å². The minimum absolute atomic E-state index is 0.0179. The molecular formula is C29H29FN4O2S. The third kappa shape index (κ3) is 5.63. The van der Waals surface area contributed by atoms with Crippen LogP contribution in [0, 0.1) is 17.1 Å². The fourth-order valence-corrected chi connectivity index (χ4v) is 6.21. The Morgan fingerprint density at radius 3 is 2.49 bits per heavy atom. The maximum atomic E-state index is 13.6. The molecule has 2 aliphatic heterocycles. The van der Waals surface area contributed by atoms with Crippen LogP contribution in [0.5, 0.6) is 0 Å². The summed E-state index contributed by atoms with van der Waals surface area (Å²) in [7, 11) is 0. The van der Waals surface area contributed by atoms with Crippen LogP contribution in [0.4, 0.5) is 4.39 Å². The molecule has 0 aromatic heterocycles. The van der Waals surface area contributed by atoms with Gasteiger partial charge in [-0.2, -0.15) is 5.26 Å². The molecule has 2 aromatic rings. The number of benzene rings is 2. The van der Waals surface area contributed by atoms with Crippen molar-refractivity contribution < 1.29 is 14.0 Å². The van der Waals surface area contributed by atoms with Gasteiger partial charge < -0.3 is 10.2 Å². The van der Waals surface area contributed by atoms with Gasteiger partial charge in [-0.3, -0.25) is 14.5 Å². The second-order valence-corrected chi connectivity index (χ2v) is 10.5. The van der Waals surface area contributed by atoms with E-state index in [1.165, 1.54) is 29.5 Å². The van der Waals surface area contributed by atoms with E-state index in [4.69, 9.17) is 0 Å². The molecule has 0 bridgehead atoms. The Balaban J connectivity index is 1.27. The zero-order valence-corrected chi connectivity index (χ0v) is 21.4. The predicted octanol–water partition coefficient (Wildman–Crippen LogP) is 4.33. The fourth-order valence-electron chi connectivity index (χ4n) is 5.25. The molecule has 5 rings (SSSR count). The first-order valence-corrected chi connectivity index (χ1v) is 13.6. The summed E-state index contributed by atoms with van der Waals surface area (Å²) in [5, 5.41) is 14.0. The largest absolute Gasteiger partial charge is 0.352 e. The molecule has 2 heterocycles. The smallest absolute Gasteiger partial charge is 0.233 e. The maximum absolute atomic E-state index is 13.6. The molecule has 1 amide bonds. The highest BCUT2D eigenvalue weighted by molar-refractivity contribution is 8.03. The first-order valence-electron chi connectivity index (χ1n) is 12.6. The topological polar surface area (TPSA) is 76.4 Å². The van der Waals surface area contributed by atoms with E-state index >= 15 is 0 Å². The van der Waals surface area contributed by atoms with Gasteiger partial charge in [0.15, 0.2) is 5.78 Å². The summed E-state index contributed by atoms with van der Waals surface area (Å²) in [6.07, 6.45) is 1.89. The zero-order chi connectivity index (χ0) is 25.8. The molecule has 6 nitrogen and oxygen atoms in total. The second-order valence-electron chi connectivity index (χ2n) is 9.56. The van der Waals surface area contributed by atoms with Gasteiger partial charge in [0.2, 0.25) is 5.91 Å². The van der Waals surface area contributed by atoms with Crippen molar-refractivity contribution in [1.29, 1.82) is 5.26 Å². The summed E-state index contributed by atoms with van der Waals surface area (Å²) in [4.78, 5) is 30.2. The maximum Gasteiger partial charge on any atom is 0.233 e. The van der Waals surface area contributed by atoms with E-state index in [1.54, 1.807) is 12.1 Å². The van der Waals surface area contributed by atoms with Crippen molar-refractivity contribution in [1.82, 2.24) is 15.1 Å². The summed E-state index contributed by atoms with van der Waals surface area (Å²) < 4.78 is 13.6. The average Bonchev–Trinajstić information content (AvgIpc) is 2.92. The number of hydrogen-bond acceptors (Lipinski definition) is 6. The summed E-state index contributed by atoms with van der Waals surface area (Å²) in [5.74, 6) is -0.654. The number of nitrogens with zero attached hydrogens (tertiary/aromatic N) is 3. The number of thioether (sulfide) groups is 1. The van der Waals surface area contributed by atoms with Gasteiger partial charge in [-0.05, 0) is 36.1 Å². The first-order chi connectivity index (χ1) is 18.0. The van der Waals surface area contributed by atoms with Crippen LogP contribution in [0.15, 0.2) is 76.5 Å². The highest BCUT2D eigenvalue weighted by Crippen LogP contribution is 2.44. The van der Waals surface area contributed by atoms with Gasteiger partial charge >= 0.3 is 0 Å². The van der Waals surface area contributed by atoms with Crippen LogP contribution in [0.25, 0.3) is 0 Å². The highest BCUT2D eigenvalue weighted by Gasteiger charge is 2.37. The Morgan fingerprint density at radius 1 is 1.05 bits per heavy atom. The minimum Gasteiger partial charge on any atom is -0.352 e. The molecular weight excluding hydrogens is 487 g/mol. The van der Waals surface area contributed by atoms with E-state index < -0.39 is 5.92 Å². The molecule has 0 saturated carbocycles. The third-order valence-corrected chi connectivity index (χ3v) is 8.18. The quantitative estimate of drug-likeness (QED) is 0.616. The number of halogens is 1. The number of Topliss-reactive ketones (excluding diaryl/α,β-unsaturated/α-hetero) is 1. The molecule has 1 unspecified atom stereocenters. The van der Waals surface area contributed by atoms with E-state index in [9.17, 15) is 19.2 Å². The molecule has 3 aliphatic rings. The predicted molar refractivity (Wildman–Crippen MR) is 142 cm³/mol. The standard InChI is InChI=1S/C29H29FN4O2S/c30-22-11-9-21(10-12-22)27-23(17-31)29(32-24-7-4-8-25(35)28(24)27)37-19-26(36)34-15-13-33(14-16-34)18-20-5-2-1-3-6-20/h1-3,5-6,9-12,27,32H,4,7-8,13-16,18-19H2. The van der Waals surface area contributed by atoms with E-state index in [0.717, 1.165) is 31.8 Å². The SMILES string of the molecule is N#CC1=C(SCC(=O)N2CCN(Cc3ccccc3)CC2)NC2=C(C(=O)CCC2)C1c1ccc(F)cc1. The van der Waals surface area contributed by atoms with Crippen LogP contribution in [-0.2, 0) is 16.1 Å². The number of piperazine rings is 1. The van der Waals surface area contributed by atoms with Crippen LogP contribution in [0.1, 0.15) is 36.3 Å². The number of rotatable bonds is 6. The van der Waals surface area contributed by atoms with Gasteiger partial charge in [0, 0.05) is 50.4 Å². The lowest BCUT2D eigenvalue weighted by Gasteiger charge is -2.35. The fraction of sp³-hybridized carbons (Fsp3) is 0.345. The lowest BCUT2D eigenvalue weighted by atomic mass is 9.77. The van der Waals surface area contributed by atoms with E-state index in [2.05, 4.69) is 28.4 Å². The second kappa shape index (κ2) is 11.3. The van der Waals surface area contributed by atoms with E-state index in [1.807, 2.05) is 23.1 Å². The van der Waals surface area contributed by atoms with Gasteiger partial charge in [-0.15, -0.1) is 0 Å². The molecule has 8 heteroatoms. The van der Waals surface area contributed by atoms with Crippen molar-refractivity contribution in [3.8, 4) is 6.07 Å². The van der Waals surface area contributed by atoms with Crippen molar-refractivity contribution in [3.05, 3.63) is 93.4 Å². The number of allylic oxidation sites excluding steroid dienone is 3. The van der Waals surface area contributed by atoms with Crippen molar-refractivity contribution >= 4 is 23.5 Å². The molecule has 1 fully saturated rings. The van der Waals surface area contributed by atoms with E-state index in [-0.39, 0.29) is 23.3 Å². The van der Waals surface area contributed by atoms with Gasteiger partial charge in [-0.1, -0.05) is 54.2 Å². The lowest BCUT2D eigenvalue weighted by molar-refractivity contribution is -0.130. The molecule has 1 aliphatic carbocycles. The Bertz CT molecular complexity index is 1280. The Labute approximate surface area is 220 Å². The van der Waals surface area contributed by atoms with Crippen molar-refractivity contribution in [3.63, 3.8) is 0 Å². The minimum atomic E-state index is -0.547. The lowest BCUT2D eigenvalue weighted by Crippen LogP contribution is -2.48. The summed E-state index contributed by atoms with van der Waals surface area (Å²) in [6.45, 7) is 3.86. The number of nitriles is 1. The summed E-state index contributed by atoms with van der Waals surface area (Å²) >= 11 is 1.32. The van der Waals surface area contributed by atoms with Crippen LogP contribution in [0.3, 0.4) is 0 Å². The first kappa shape index (κ1) is 25.2. The van der Waals surface area contributed by atoms with Crippen LogP contribution >= 0.6 is 11.8 Å². The van der Waals surface area contributed by atoms with Crippen LogP contribution in [-0.4, -0.2) is 53.4 Å². The summed E-state index contributed by atoms with van der Waals surface area (Å²) in [6, 6.07) is 18.6. The number of carbonyl (C=O) groups excluding carboxylic acids is 2. The number of dihydropyridines is 1. The Morgan fingerprint density at radius 2 is 1.78 bits per heavy atom. The number of amides is 1. The van der Waals surface area contributed by atoms with Gasteiger partial charge in [-0.25, -0.2) is 4.39 Å².